The summed E-state index contributed by atoms with van der Waals surface area (Å²) in [5.41, 5.74) is 9.62. The van der Waals surface area contributed by atoms with Crippen LogP contribution in [0.4, 0.5) is 0 Å². The summed E-state index contributed by atoms with van der Waals surface area (Å²) in [5, 5.41) is 10.1. The molecule has 3 atom stereocenters. The summed E-state index contributed by atoms with van der Waals surface area (Å²) in [7, 11) is -6.91. The van der Waals surface area contributed by atoms with E-state index >= 15 is 0 Å². The van der Waals surface area contributed by atoms with Gasteiger partial charge in [0.25, 0.3) is 7.52 Å². The number of aliphatic hydroxyl groups is 1. The Morgan fingerprint density at radius 2 is 1.42 bits per heavy atom. The maximum Gasteiger partial charge on any atom is 0.400 e. The molecule has 2 aliphatic carbocycles. The molecule has 6 N–H and O–H groups in total. The Balaban J connectivity index is 1.58. The van der Waals surface area contributed by atoms with Crippen LogP contribution in [-0.2, 0) is 18.2 Å². The lowest BCUT2D eigenvalue weighted by Gasteiger charge is -2.20. The van der Waals surface area contributed by atoms with Gasteiger partial charge in [0.2, 0.25) is 0 Å². The van der Waals surface area contributed by atoms with Crippen molar-refractivity contribution in [2.75, 3.05) is 6.66 Å². The van der Waals surface area contributed by atoms with E-state index in [-0.39, 0.29) is 5.60 Å². The molecule has 2 rings (SSSR count). The van der Waals surface area contributed by atoms with E-state index in [2.05, 4.69) is 0 Å². The minimum atomic E-state index is -3.94. The second kappa shape index (κ2) is 7.45. The van der Waals surface area contributed by atoms with E-state index in [4.69, 9.17) is 24.9 Å². The van der Waals surface area contributed by atoms with E-state index in [0.717, 1.165) is 44.9 Å². The van der Waals surface area contributed by atoms with E-state index in [1.165, 1.54) is 6.66 Å². The Morgan fingerprint density at radius 3 is 1.75 bits per heavy atom. The molecule has 3 unspecified atom stereocenters. The van der Waals surface area contributed by atoms with Crippen LogP contribution in [0.25, 0.3) is 0 Å². The predicted octanol–water partition coefficient (Wildman–Crippen LogP) is 2.63. The number of nitrogens with two attached hydrogens (primary N) is 2. The van der Waals surface area contributed by atoms with Crippen LogP contribution in [0.15, 0.2) is 0 Å². The first-order valence-corrected chi connectivity index (χ1v) is 12.3. The zero-order valence-corrected chi connectivity index (χ0v) is 16.0. The van der Waals surface area contributed by atoms with Crippen LogP contribution in [0.3, 0.4) is 0 Å². The second-order valence-corrected chi connectivity index (χ2v) is 10.8. The number of aliphatic hydroxyl groups excluding tert-OH is 1. The molecule has 0 aromatic carbocycles. The molecule has 2 fully saturated rings. The zero-order chi connectivity index (χ0) is 18.1. The first-order chi connectivity index (χ1) is 10.9. The Hall–Kier alpha value is 0.220. The highest BCUT2D eigenvalue weighted by atomic mass is 31.2. The van der Waals surface area contributed by atoms with E-state index in [0.29, 0.717) is 19.3 Å². The van der Waals surface area contributed by atoms with Gasteiger partial charge >= 0.3 is 7.75 Å². The van der Waals surface area contributed by atoms with Crippen LogP contribution in [0, 0.1) is 0 Å². The summed E-state index contributed by atoms with van der Waals surface area (Å²) in [5.74, 6) is 0. The van der Waals surface area contributed by atoms with Crippen molar-refractivity contribution in [2.45, 2.75) is 81.5 Å². The van der Waals surface area contributed by atoms with Crippen LogP contribution >= 0.6 is 15.3 Å². The van der Waals surface area contributed by atoms with Crippen LogP contribution in [0.2, 0.25) is 0 Å². The van der Waals surface area contributed by atoms with Crippen LogP contribution in [0.1, 0.15) is 64.2 Å². The first kappa shape index (κ1) is 20.5. The van der Waals surface area contributed by atoms with E-state index in [1.54, 1.807) is 0 Å². The van der Waals surface area contributed by atoms with Gasteiger partial charge < -0.3 is 14.5 Å². The SMILES string of the molecule is CP(N)(=O)OC1(CCCC(O)CCCC2(OP(N)(=O)O)CC2)CC1. The lowest BCUT2D eigenvalue weighted by Crippen LogP contribution is -2.18. The van der Waals surface area contributed by atoms with Gasteiger partial charge in [-0.25, -0.2) is 10.1 Å². The van der Waals surface area contributed by atoms with E-state index < -0.39 is 27.0 Å². The summed E-state index contributed by atoms with van der Waals surface area (Å²) < 4.78 is 33.2. The van der Waals surface area contributed by atoms with Crippen LogP contribution in [0.5, 0.6) is 0 Å². The number of rotatable bonds is 12. The monoisotopic (exact) mass is 384 g/mol. The van der Waals surface area contributed by atoms with Crippen molar-refractivity contribution in [3.63, 3.8) is 0 Å². The van der Waals surface area contributed by atoms with Crippen molar-refractivity contribution in [1.29, 1.82) is 0 Å². The summed E-state index contributed by atoms with van der Waals surface area (Å²) in [6.07, 6.45) is 6.94. The van der Waals surface area contributed by atoms with E-state index in [9.17, 15) is 14.2 Å². The molecule has 0 radical (unpaired) electrons. The number of hydrogen-bond donors (Lipinski definition) is 4. The molecule has 8 nitrogen and oxygen atoms in total. The molecule has 0 aliphatic heterocycles. The minimum absolute atomic E-state index is 0.339. The lowest BCUT2D eigenvalue weighted by molar-refractivity contribution is 0.113. The Labute approximate surface area is 143 Å². The maximum atomic E-state index is 11.6. The van der Waals surface area contributed by atoms with Gasteiger partial charge in [0.1, 0.15) is 0 Å². The van der Waals surface area contributed by atoms with Crippen LogP contribution < -0.4 is 11.0 Å². The molecular weight excluding hydrogens is 354 g/mol. The van der Waals surface area contributed by atoms with Gasteiger partial charge in [0.05, 0.1) is 17.3 Å². The smallest absolute Gasteiger partial charge is 0.393 e. The third-order valence-corrected chi connectivity index (χ3v) is 6.05. The molecule has 24 heavy (non-hydrogen) atoms. The molecule has 0 aromatic heterocycles. The van der Waals surface area contributed by atoms with Crippen molar-refractivity contribution in [2.24, 2.45) is 11.0 Å². The largest absolute Gasteiger partial charge is 0.400 e. The molecule has 0 heterocycles. The molecular formula is C14H30N2O6P2. The van der Waals surface area contributed by atoms with E-state index in [1.807, 2.05) is 0 Å². The van der Waals surface area contributed by atoms with Crippen molar-refractivity contribution in [3.05, 3.63) is 0 Å². The summed E-state index contributed by atoms with van der Waals surface area (Å²) >= 11 is 0. The number of hydrogen-bond acceptors (Lipinski definition) is 5. The molecule has 0 aromatic rings. The van der Waals surface area contributed by atoms with Gasteiger partial charge in [-0.15, -0.1) is 0 Å². The van der Waals surface area contributed by atoms with Gasteiger partial charge in [-0.2, -0.15) is 0 Å². The quantitative estimate of drug-likeness (QED) is 0.376. The fourth-order valence-electron chi connectivity index (χ4n) is 3.18. The Kier molecular flexibility index (Phi) is 6.38. The minimum Gasteiger partial charge on any atom is -0.393 e. The second-order valence-electron chi connectivity index (χ2n) is 7.46. The topological polar surface area (TPSA) is 145 Å². The van der Waals surface area contributed by atoms with Crippen molar-refractivity contribution < 1.29 is 28.2 Å². The third kappa shape index (κ3) is 7.63. The molecule has 2 saturated carbocycles. The molecule has 10 heteroatoms. The normalized spacial score (nSPS) is 27.0. The van der Waals surface area contributed by atoms with Gasteiger partial charge in [0, 0.05) is 6.66 Å². The summed E-state index contributed by atoms with van der Waals surface area (Å²) in [4.78, 5) is 9.10. The summed E-state index contributed by atoms with van der Waals surface area (Å²) in [6, 6.07) is 0. The molecule has 0 spiro atoms. The zero-order valence-electron chi connectivity index (χ0n) is 14.2. The molecule has 0 amide bonds. The Bertz CT molecular complexity index is 477. The molecule has 2 aliphatic rings. The van der Waals surface area contributed by atoms with Gasteiger partial charge in [0.15, 0.2) is 0 Å². The maximum absolute atomic E-state index is 11.6. The van der Waals surface area contributed by atoms with Gasteiger partial charge in [-0.3, -0.25) is 14.6 Å². The fraction of sp³-hybridized carbons (Fsp3) is 1.00. The first-order valence-electron chi connectivity index (χ1n) is 8.50. The average Bonchev–Trinajstić information content (AvgIpc) is 3.26. The van der Waals surface area contributed by atoms with Crippen molar-refractivity contribution in [3.8, 4) is 0 Å². The highest BCUT2D eigenvalue weighted by molar-refractivity contribution is 7.55. The highest BCUT2D eigenvalue weighted by Gasteiger charge is 2.48. The van der Waals surface area contributed by atoms with Crippen molar-refractivity contribution in [1.82, 2.24) is 0 Å². The van der Waals surface area contributed by atoms with Gasteiger partial charge in [-0.05, 0) is 64.2 Å². The van der Waals surface area contributed by atoms with Gasteiger partial charge in [-0.1, -0.05) is 0 Å². The predicted molar refractivity (Wildman–Crippen MR) is 91.5 cm³/mol. The average molecular weight is 384 g/mol. The lowest BCUT2D eigenvalue weighted by atomic mass is 10.0. The third-order valence-electron chi connectivity index (χ3n) is 4.65. The molecule has 142 valence electrons. The fourth-order valence-corrected chi connectivity index (χ4v) is 5.05. The Morgan fingerprint density at radius 1 is 1.00 bits per heavy atom. The molecule has 0 bridgehead atoms. The van der Waals surface area contributed by atoms with Crippen LogP contribution in [-0.4, -0.2) is 34.0 Å². The standard InChI is InChI=1S/C14H30N2O6P2/c1-23(15,18)21-13(8-9-13)6-2-4-12(17)5-3-7-14(10-11-14)22-24(16,19)20/h12,17H,2-11H2,1H3,(H2,15,18)(H3,16,19,20). The van der Waals surface area contributed by atoms with Crippen molar-refractivity contribution >= 4 is 15.3 Å². The molecule has 0 saturated heterocycles. The summed E-state index contributed by atoms with van der Waals surface area (Å²) in [6.45, 7) is 1.42. The highest BCUT2D eigenvalue weighted by Crippen LogP contribution is 2.54.